The Morgan fingerprint density at radius 1 is 0.917 bits per heavy atom. The first-order chi connectivity index (χ1) is 11.4. The zero-order valence-electron chi connectivity index (χ0n) is 13.1. The van der Waals surface area contributed by atoms with Gasteiger partial charge in [0, 0.05) is 0 Å². The molecule has 0 atom stereocenters. The molecule has 1 fully saturated rings. The van der Waals surface area contributed by atoms with Gasteiger partial charge in [-0.05, 0) is 30.5 Å². The van der Waals surface area contributed by atoms with Crippen LogP contribution in [0.3, 0.4) is 0 Å². The summed E-state index contributed by atoms with van der Waals surface area (Å²) in [5.74, 6) is -0.358. The van der Waals surface area contributed by atoms with Gasteiger partial charge in [0.15, 0.2) is 0 Å². The van der Waals surface area contributed by atoms with Crippen molar-refractivity contribution in [3.63, 3.8) is 0 Å². The van der Waals surface area contributed by atoms with Crippen LogP contribution >= 0.6 is 0 Å². The number of nitrogens with one attached hydrogen (secondary N) is 1. The summed E-state index contributed by atoms with van der Waals surface area (Å²) in [7, 11) is 0. The van der Waals surface area contributed by atoms with E-state index in [4.69, 9.17) is 0 Å². The number of anilines is 1. The molecule has 2 nitrogen and oxygen atoms in total. The molecule has 0 saturated heterocycles. The van der Waals surface area contributed by atoms with Gasteiger partial charge in [-0.15, -0.1) is 0 Å². The highest BCUT2D eigenvalue weighted by Crippen LogP contribution is 2.43. The minimum absolute atomic E-state index is 0.183. The number of halogens is 3. The predicted octanol–water partition coefficient (Wildman–Crippen LogP) is 5.16. The third-order valence-corrected chi connectivity index (χ3v) is 4.70. The Morgan fingerprint density at radius 2 is 1.50 bits per heavy atom. The molecule has 1 saturated carbocycles. The number of carbonyl (C=O) groups is 1. The second kappa shape index (κ2) is 6.30. The molecule has 0 bridgehead atoms. The molecule has 0 heterocycles. The van der Waals surface area contributed by atoms with E-state index in [1.165, 1.54) is 18.2 Å². The van der Waals surface area contributed by atoms with Crippen molar-refractivity contribution in [2.24, 2.45) is 0 Å². The van der Waals surface area contributed by atoms with Crippen molar-refractivity contribution in [2.45, 2.75) is 37.3 Å². The monoisotopic (exact) mass is 333 g/mol. The van der Waals surface area contributed by atoms with E-state index in [0.717, 1.165) is 24.5 Å². The maximum absolute atomic E-state index is 13.1. The molecule has 2 aromatic rings. The van der Waals surface area contributed by atoms with Crippen LogP contribution in [0.15, 0.2) is 54.6 Å². The molecule has 0 aromatic heterocycles. The molecule has 5 heteroatoms. The quantitative estimate of drug-likeness (QED) is 0.826. The first-order valence-corrected chi connectivity index (χ1v) is 7.97. The molecule has 126 valence electrons. The lowest BCUT2D eigenvalue weighted by molar-refractivity contribution is -0.137. The van der Waals surface area contributed by atoms with Gasteiger partial charge in [0.05, 0.1) is 16.7 Å². The molecule has 0 spiro atoms. The molecule has 0 radical (unpaired) electrons. The average Bonchev–Trinajstić information content (AvgIpc) is 3.06. The van der Waals surface area contributed by atoms with E-state index in [1.54, 1.807) is 0 Å². The van der Waals surface area contributed by atoms with Crippen LogP contribution in [-0.2, 0) is 16.4 Å². The minimum atomic E-state index is -4.50. The molecule has 1 aliphatic rings. The molecule has 3 rings (SSSR count). The first kappa shape index (κ1) is 16.6. The van der Waals surface area contributed by atoms with Gasteiger partial charge < -0.3 is 5.32 Å². The standard InChI is InChI=1S/C19H18F3NO/c20-19(21,22)15-10-4-5-11-16(15)23-17(24)18(12-6-7-13-18)14-8-2-1-3-9-14/h1-5,8-11H,6-7,12-13H2,(H,23,24). The van der Waals surface area contributed by atoms with Crippen LogP contribution in [0, 0.1) is 0 Å². The van der Waals surface area contributed by atoms with Gasteiger partial charge in [-0.25, -0.2) is 0 Å². The maximum Gasteiger partial charge on any atom is 0.418 e. The highest BCUT2D eigenvalue weighted by Gasteiger charge is 2.43. The third-order valence-electron chi connectivity index (χ3n) is 4.70. The Hall–Kier alpha value is -2.30. The van der Waals surface area contributed by atoms with E-state index in [-0.39, 0.29) is 11.6 Å². The number of benzene rings is 2. The number of rotatable bonds is 3. The summed E-state index contributed by atoms with van der Waals surface area (Å²) >= 11 is 0. The normalized spacial score (nSPS) is 16.8. The smallest absolute Gasteiger partial charge is 0.325 e. The van der Waals surface area contributed by atoms with Crippen LogP contribution in [0.1, 0.15) is 36.8 Å². The predicted molar refractivity (Wildman–Crippen MR) is 86.7 cm³/mol. The largest absolute Gasteiger partial charge is 0.418 e. The summed E-state index contributed by atoms with van der Waals surface area (Å²) in [5, 5.41) is 2.54. The molecule has 1 N–H and O–H groups in total. The van der Waals surface area contributed by atoms with Crippen molar-refractivity contribution in [1.82, 2.24) is 0 Å². The lowest BCUT2D eigenvalue weighted by Gasteiger charge is -2.29. The molecule has 1 aliphatic carbocycles. The summed E-state index contributed by atoms with van der Waals surface area (Å²) in [6, 6.07) is 14.4. The summed E-state index contributed by atoms with van der Waals surface area (Å²) in [4.78, 5) is 12.9. The van der Waals surface area contributed by atoms with Gasteiger partial charge in [0.25, 0.3) is 0 Å². The topological polar surface area (TPSA) is 29.1 Å². The van der Waals surface area contributed by atoms with Crippen LogP contribution in [-0.4, -0.2) is 5.91 Å². The van der Waals surface area contributed by atoms with Gasteiger partial charge >= 0.3 is 6.18 Å². The maximum atomic E-state index is 13.1. The Kier molecular flexibility index (Phi) is 4.35. The average molecular weight is 333 g/mol. The summed E-state index contributed by atoms with van der Waals surface area (Å²) < 4.78 is 39.4. The van der Waals surface area contributed by atoms with E-state index in [1.807, 2.05) is 30.3 Å². The van der Waals surface area contributed by atoms with E-state index in [0.29, 0.717) is 12.8 Å². The van der Waals surface area contributed by atoms with Crippen molar-refractivity contribution in [2.75, 3.05) is 5.32 Å². The number of hydrogen-bond donors (Lipinski definition) is 1. The van der Waals surface area contributed by atoms with Crippen LogP contribution in [0.5, 0.6) is 0 Å². The lowest BCUT2D eigenvalue weighted by Crippen LogP contribution is -2.38. The highest BCUT2D eigenvalue weighted by molar-refractivity contribution is 6.00. The van der Waals surface area contributed by atoms with Gasteiger partial charge in [-0.2, -0.15) is 13.2 Å². The van der Waals surface area contributed by atoms with Gasteiger partial charge in [0.2, 0.25) is 5.91 Å². The molecular weight excluding hydrogens is 315 g/mol. The van der Waals surface area contributed by atoms with Crippen molar-refractivity contribution < 1.29 is 18.0 Å². The van der Waals surface area contributed by atoms with Gasteiger partial charge in [-0.3, -0.25) is 4.79 Å². The van der Waals surface area contributed by atoms with Crippen LogP contribution in [0.4, 0.5) is 18.9 Å². The second-order valence-corrected chi connectivity index (χ2v) is 6.15. The SMILES string of the molecule is O=C(Nc1ccccc1C(F)(F)F)C1(c2ccccc2)CCCC1. The molecular formula is C19H18F3NO. The number of para-hydroxylation sites is 1. The van der Waals surface area contributed by atoms with Crippen molar-refractivity contribution in [1.29, 1.82) is 0 Å². The fraction of sp³-hybridized carbons (Fsp3) is 0.316. The third kappa shape index (κ3) is 3.03. The molecule has 0 unspecified atom stereocenters. The lowest BCUT2D eigenvalue weighted by atomic mass is 9.78. The van der Waals surface area contributed by atoms with E-state index < -0.39 is 17.2 Å². The summed E-state index contributed by atoms with van der Waals surface area (Å²) in [6.07, 6.45) is -1.42. The van der Waals surface area contributed by atoms with E-state index in [2.05, 4.69) is 5.32 Å². The Balaban J connectivity index is 1.94. The number of hydrogen-bond acceptors (Lipinski definition) is 1. The van der Waals surface area contributed by atoms with Gasteiger partial charge in [0.1, 0.15) is 0 Å². The number of amides is 1. The fourth-order valence-electron chi connectivity index (χ4n) is 3.46. The number of alkyl halides is 3. The van der Waals surface area contributed by atoms with Crippen LogP contribution in [0.2, 0.25) is 0 Å². The Morgan fingerprint density at radius 3 is 2.12 bits per heavy atom. The molecule has 1 amide bonds. The summed E-state index contributed by atoms with van der Waals surface area (Å²) in [5.41, 5.74) is -0.888. The van der Waals surface area contributed by atoms with Crippen LogP contribution in [0.25, 0.3) is 0 Å². The zero-order chi connectivity index (χ0) is 17.2. The van der Waals surface area contributed by atoms with Gasteiger partial charge in [-0.1, -0.05) is 55.3 Å². The Bertz CT molecular complexity index is 719. The van der Waals surface area contributed by atoms with E-state index >= 15 is 0 Å². The van der Waals surface area contributed by atoms with Crippen molar-refractivity contribution in [3.05, 3.63) is 65.7 Å². The van der Waals surface area contributed by atoms with Crippen molar-refractivity contribution >= 4 is 11.6 Å². The Labute approximate surface area is 138 Å². The fourth-order valence-corrected chi connectivity index (χ4v) is 3.46. The number of carbonyl (C=O) groups excluding carboxylic acids is 1. The minimum Gasteiger partial charge on any atom is -0.325 e. The first-order valence-electron chi connectivity index (χ1n) is 7.97. The van der Waals surface area contributed by atoms with Crippen molar-refractivity contribution in [3.8, 4) is 0 Å². The molecule has 24 heavy (non-hydrogen) atoms. The van der Waals surface area contributed by atoms with E-state index in [9.17, 15) is 18.0 Å². The van der Waals surface area contributed by atoms with Crippen LogP contribution < -0.4 is 5.32 Å². The zero-order valence-corrected chi connectivity index (χ0v) is 13.1. The highest BCUT2D eigenvalue weighted by atomic mass is 19.4. The second-order valence-electron chi connectivity index (χ2n) is 6.15. The summed E-state index contributed by atoms with van der Waals surface area (Å²) in [6.45, 7) is 0. The molecule has 0 aliphatic heterocycles. The molecule has 2 aromatic carbocycles.